The standard InChI is InChI=1S/C22H34N6/c1-7-16-13-20(10-4,26-23-16)19(21(11-5)14-17(8-2)24-27-21)22(12-6)15-18(9-3)25-28-22/h13-15,19H,7-12H2,1-6H3. The molecule has 0 saturated carbocycles. The fraction of sp³-hybridized carbons (Fsp3) is 0.727. The second kappa shape index (κ2) is 7.80. The van der Waals surface area contributed by atoms with Crippen molar-refractivity contribution < 1.29 is 0 Å². The predicted octanol–water partition coefficient (Wildman–Crippen LogP) is 7.33. The predicted molar refractivity (Wildman–Crippen MR) is 112 cm³/mol. The molecule has 0 aromatic carbocycles. The summed E-state index contributed by atoms with van der Waals surface area (Å²) in [6.45, 7) is 13.0. The summed E-state index contributed by atoms with van der Waals surface area (Å²) in [6.07, 6.45) is 12.0. The Bertz CT molecular complexity index is 684. The van der Waals surface area contributed by atoms with E-state index in [1.165, 1.54) is 0 Å². The molecule has 28 heavy (non-hydrogen) atoms. The first-order chi connectivity index (χ1) is 13.5. The Morgan fingerprint density at radius 3 is 1.04 bits per heavy atom. The monoisotopic (exact) mass is 382 g/mol. The molecule has 3 aliphatic rings. The first kappa shape index (κ1) is 20.7. The van der Waals surface area contributed by atoms with Gasteiger partial charge in [-0.3, -0.25) is 0 Å². The summed E-state index contributed by atoms with van der Waals surface area (Å²) in [6, 6.07) is 0. The van der Waals surface area contributed by atoms with Crippen LogP contribution in [0.15, 0.2) is 66.0 Å². The van der Waals surface area contributed by atoms with E-state index in [9.17, 15) is 0 Å². The van der Waals surface area contributed by atoms with Crippen molar-refractivity contribution in [2.45, 2.75) is 96.7 Å². The van der Waals surface area contributed by atoms with Crippen molar-refractivity contribution in [1.82, 2.24) is 0 Å². The van der Waals surface area contributed by atoms with Gasteiger partial charge in [0.25, 0.3) is 0 Å². The van der Waals surface area contributed by atoms with Crippen LogP contribution in [0, 0.1) is 5.92 Å². The van der Waals surface area contributed by atoms with Crippen LogP contribution >= 0.6 is 0 Å². The highest BCUT2D eigenvalue weighted by atomic mass is 15.3. The average Bonchev–Trinajstić information content (AvgIpc) is 3.46. The van der Waals surface area contributed by atoms with Gasteiger partial charge in [0.1, 0.15) is 16.6 Å². The Labute approximate surface area is 169 Å². The van der Waals surface area contributed by atoms with Crippen LogP contribution in [0.2, 0.25) is 0 Å². The van der Waals surface area contributed by atoms with E-state index in [1.807, 2.05) is 0 Å². The highest BCUT2D eigenvalue weighted by Gasteiger charge is 2.61. The molecule has 0 bridgehead atoms. The summed E-state index contributed by atoms with van der Waals surface area (Å²) in [5.74, 6) is -0.0131. The molecule has 0 aromatic rings. The van der Waals surface area contributed by atoms with E-state index in [1.54, 1.807) is 0 Å². The number of hydrogen-bond donors (Lipinski definition) is 0. The van der Waals surface area contributed by atoms with Gasteiger partial charge in [0, 0.05) is 0 Å². The molecule has 0 unspecified atom stereocenters. The van der Waals surface area contributed by atoms with E-state index >= 15 is 0 Å². The summed E-state index contributed by atoms with van der Waals surface area (Å²) >= 11 is 0. The first-order valence-corrected chi connectivity index (χ1v) is 10.9. The maximum absolute atomic E-state index is 4.89. The number of nitrogens with zero attached hydrogens (tertiary/aromatic N) is 6. The molecule has 152 valence electrons. The number of allylic oxidation sites excluding steroid dienone is 3. The van der Waals surface area contributed by atoms with Crippen LogP contribution in [0.4, 0.5) is 0 Å². The zero-order valence-electron chi connectivity index (χ0n) is 18.2. The Kier molecular flexibility index (Phi) is 5.78. The summed E-state index contributed by atoms with van der Waals surface area (Å²) in [5, 5.41) is 28.3. The van der Waals surface area contributed by atoms with Gasteiger partial charge in [-0.1, -0.05) is 41.5 Å². The number of hydrogen-bond acceptors (Lipinski definition) is 6. The Hall–Kier alpha value is -1.98. The maximum Gasteiger partial charge on any atom is 0.110 e. The highest BCUT2D eigenvalue weighted by molar-refractivity contribution is 5.37. The Morgan fingerprint density at radius 1 is 0.571 bits per heavy atom. The van der Waals surface area contributed by atoms with E-state index in [4.69, 9.17) is 15.3 Å². The smallest absolute Gasteiger partial charge is 0.110 e. The molecule has 0 aromatic heterocycles. The van der Waals surface area contributed by atoms with Gasteiger partial charge in [0.2, 0.25) is 0 Å². The van der Waals surface area contributed by atoms with Gasteiger partial charge in [-0.15, -0.1) is 0 Å². The van der Waals surface area contributed by atoms with E-state index in [2.05, 4.69) is 75.1 Å². The number of azo groups is 3. The third kappa shape index (κ3) is 3.11. The van der Waals surface area contributed by atoms with E-state index in [0.717, 1.165) is 55.6 Å². The van der Waals surface area contributed by atoms with Crippen LogP contribution in [0.1, 0.15) is 80.1 Å². The van der Waals surface area contributed by atoms with E-state index in [-0.39, 0.29) is 5.92 Å². The second-order valence-corrected chi connectivity index (χ2v) is 8.04. The van der Waals surface area contributed by atoms with Gasteiger partial charge in [-0.05, 0) is 56.8 Å². The lowest BCUT2D eigenvalue weighted by Gasteiger charge is -2.47. The maximum atomic E-state index is 4.89. The molecule has 6 heteroatoms. The molecule has 0 radical (unpaired) electrons. The molecule has 0 fully saturated rings. The Morgan fingerprint density at radius 2 is 0.857 bits per heavy atom. The fourth-order valence-corrected chi connectivity index (χ4v) is 4.88. The van der Waals surface area contributed by atoms with Crippen molar-refractivity contribution in [2.75, 3.05) is 0 Å². The van der Waals surface area contributed by atoms with Crippen molar-refractivity contribution in [3.63, 3.8) is 0 Å². The van der Waals surface area contributed by atoms with Gasteiger partial charge < -0.3 is 0 Å². The van der Waals surface area contributed by atoms with Crippen LogP contribution in [0.25, 0.3) is 0 Å². The van der Waals surface area contributed by atoms with Crippen molar-refractivity contribution in [1.29, 1.82) is 0 Å². The lowest BCUT2D eigenvalue weighted by molar-refractivity contribution is 0.135. The van der Waals surface area contributed by atoms with Crippen molar-refractivity contribution in [3.8, 4) is 0 Å². The highest BCUT2D eigenvalue weighted by Crippen LogP contribution is 2.55. The molecule has 0 atom stereocenters. The lowest BCUT2D eigenvalue weighted by Crippen LogP contribution is -2.57. The number of rotatable bonds is 9. The van der Waals surface area contributed by atoms with Crippen LogP contribution < -0.4 is 0 Å². The normalized spacial score (nSPS) is 34.7. The van der Waals surface area contributed by atoms with E-state index < -0.39 is 16.6 Å². The third-order valence-corrected chi connectivity index (χ3v) is 6.63. The summed E-state index contributed by atoms with van der Waals surface area (Å²) in [4.78, 5) is 0. The van der Waals surface area contributed by atoms with Crippen LogP contribution in [-0.2, 0) is 0 Å². The topological polar surface area (TPSA) is 74.2 Å². The molecule has 3 heterocycles. The molecule has 0 saturated heterocycles. The SMILES string of the molecule is CCC1=CC(CC)(C(C2(CC)C=C(CC)N=N2)C2(CC)C=C(CC)N=N2)N=N1. The van der Waals surface area contributed by atoms with Crippen LogP contribution in [-0.4, -0.2) is 16.6 Å². The molecule has 0 amide bonds. The Balaban J connectivity index is 2.25. The van der Waals surface area contributed by atoms with Crippen molar-refractivity contribution in [3.05, 3.63) is 35.3 Å². The van der Waals surface area contributed by atoms with E-state index in [0.29, 0.717) is 0 Å². The minimum atomic E-state index is -0.450. The van der Waals surface area contributed by atoms with Gasteiger partial charge in [-0.25, -0.2) is 0 Å². The third-order valence-electron chi connectivity index (χ3n) is 6.63. The molecular weight excluding hydrogens is 348 g/mol. The largest absolute Gasteiger partial charge is 0.177 e. The minimum Gasteiger partial charge on any atom is -0.177 e. The zero-order valence-corrected chi connectivity index (χ0v) is 18.2. The zero-order chi connectivity index (χ0) is 20.4. The summed E-state index contributed by atoms with van der Waals surface area (Å²) in [7, 11) is 0. The van der Waals surface area contributed by atoms with Gasteiger partial charge in [-0.2, -0.15) is 30.7 Å². The quantitative estimate of drug-likeness (QED) is 0.400. The van der Waals surface area contributed by atoms with Crippen molar-refractivity contribution in [2.24, 2.45) is 36.6 Å². The van der Waals surface area contributed by atoms with Gasteiger partial charge >= 0.3 is 0 Å². The summed E-state index contributed by atoms with van der Waals surface area (Å²) < 4.78 is 0. The second-order valence-electron chi connectivity index (χ2n) is 8.04. The molecule has 6 nitrogen and oxygen atoms in total. The fourth-order valence-electron chi connectivity index (χ4n) is 4.88. The first-order valence-electron chi connectivity index (χ1n) is 10.9. The molecule has 3 aliphatic heterocycles. The molecule has 3 rings (SSSR count). The van der Waals surface area contributed by atoms with Gasteiger partial charge in [0.05, 0.1) is 23.0 Å². The molecule has 0 aliphatic carbocycles. The average molecular weight is 383 g/mol. The van der Waals surface area contributed by atoms with Crippen LogP contribution in [0.5, 0.6) is 0 Å². The minimum absolute atomic E-state index is 0.0131. The lowest BCUT2D eigenvalue weighted by atomic mass is 9.59. The molecular formula is C22H34N6. The van der Waals surface area contributed by atoms with Gasteiger partial charge in [0.15, 0.2) is 0 Å². The molecule has 0 spiro atoms. The van der Waals surface area contributed by atoms with Crippen molar-refractivity contribution >= 4 is 0 Å². The summed E-state index contributed by atoms with van der Waals surface area (Å²) in [5.41, 5.74) is 1.80. The van der Waals surface area contributed by atoms with Crippen LogP contribution in [0.3, 0.4) is 0 Å². The molecule has 0 N–H and O–H groups in total.